The molecule has 2 aliphatic heterocycles. The summed E-state index contributed by atoms with van der Waals surface area (Å²) >= 11 is 0. The van der Waals surface area contributed by atoms with E-state index in [0.717, 1.165) is 0 Å². The third-order valence-corrected chi connectivity index (χ3v) is 3.82. The van der Waals surface area contributed by atoms with Gasteiger partial charge in [0, 0.05) is 19.6 Å². The summed E-state index contributed by atoms with van der Waals surface area (Å²) in [4.78, 5) is 30.2. The zero-order valence-corrected chi connectivity index (χ0v) is 13.9. The highest BCUT2D eigenvalue weighted by Gasteiger charge is 2.59. The normalized spacial score (nSPS) is 21.9. The van der Waals surface area contributed by atoms with E-state index in [1.165, 1.54) is 12.0 Å². The Bertz CT molecular complexity index is 563. The molecule has 2 rings (SSSR count). The Morgan fingerprint density at radius 1 is 1.12 bits per heavy atom. The zero-order valence-electron chi connectivity index (χ0n) is 13.9. The van der Waals surface area contributed by atoms with E-state index in [1.54, 1.807) is 20.8 Å². The van der Waals surface area contributed by atoms with Gasteiger partial charge >= 0.3 is 18.2 Å². The Morgan fingerprint density at radius 3 is 2.12 bits per heavy atom. The molecule has 2 heterocycles. The average Bonchev–Trinajstić information content (AvgIpc) is 2.73. The first kappa shape index (κ1) is 18.3. The summed E-state index contributed by atoms with van der Waals surface area (Å²) in [6, 6.07) is 0. The number of rotatable bonds is 1. The van der Waals surface area contributed by atoms with Gasteiger partial charge in [0.2, 0.25) is 0 Å². The van der Waals surface area contributed by atoms with Crippen molar-refractivity contribution in [1.29, 1.82) is 0 Å². The minimum absolute atomic E-state index is 0.0940. The van der Waals surface area contributed by atoms with E-state index >= 15 is 0 Å². The van der Waals surface area contributed by atoms with Gasteiger partial charge in [-0.15, -0.1) is 0 Å². The summed E-state index contributed by atoms with van der Waals surface area (Å²) in [5.41, 5.74) is -1.07. The van der Waals surface area contributed by atoms with Crippen molar-refractivity contribution in [1.82, 2.24) is 9.80 Å². The first-order valence-corrected chi connectivity index (χ1v) is 7.32. The number of oxime groups is 1. The van der Waals surface area contributed by atoms with Crippen LogP contribution in [0, 0.1) is 5.41 Å². The highest BCUT2D eigenvalue weighted by atomic mass is 19.4. The SMILES string of the molecule is CO/N=C1/CN(C(=O)OC(C)(C)C)CC12CN(C(=O)C(F)(F)F)C2. The van der Waals surface area contributed by atoms with Crippen molar-refractivity contribution in [3.63, 3.8) is 0 Å². The zero-order chi connectivity index (χ0) is 18.3. The fraction of sp³-hybridized carbons (Fsp3) is 0.786. The molecule has 0 unspecified atom stereocenters. The first-order valence-electron chi connectivity index (χ1n) is 7.32. The summed E-state index contributed by atoms with van der Waals surface area (Å²) < 4.78 is 42.8. The van der Waals surface area contributed by atoms with Crippen LogP contribution in [0.2, 0.25) is 0 Å². The summed E-state index contributed by atoms with van der Waals surface area (Å²) in [5.74, 6) is -1.89. The van der Waals surface area contributed by atoms with Gasteiger partial charge < -0.3 is 19.4 Å². The summed E-state index contributed by atoms with van der Waals surface area (Å²) in [6.45, 7) is 5.05. The Balaban J connectivity index is 2.10. The average molecular weight is 351 g/mol. The van der Waals surface area contributed by atoms with Crippen molar-refractivity contribution in [2.24, 2.45) is 10.6 Å². The van der Waals surface area contributed by atoms with E-state index in [0.29, 0.717) is 10.6 Å². The van der Waals surface area contributed by atoms with Crippen LogP contribution in [0.15, 0.2) is 5.16 Å². The fourth-order valence-corrected chi connectivity index (χ4v) is 2.84. The van der Waals surface area contributed by atoms with Crippen molar-refractivity contribution in [3.05, 3.63) is 0 Å². The Hall–Kier alpha value is -2.00. The third kappa shape index (κ3) is 3.57. The van der Waals surface area contributed by atoms with Crippen LogP contribution in [0.4, 0.5) is 18.0 Å². The molecule has 0 saturated carbocycles. The summed E-state index contributed by atoms with van der Waals surface area (Å²) in [6.07, 6.45) is -5.49. The number of carbonyl (C=O) groups is 2. The van der Waals surface area contributed by atoms with Crippen LogP contribution in [0.25, 0.3) is 0 Å². The maximum atomic E-state index is 12.5. The molecule has 10 heteroatoms. The molecule has 2 fully saturated rings. The Labute approximate surface area is 137 Å². The van der Waals surface area contributed by atoms with Crippen LogP contribution in [0.3, 0.4) is 0 Å². The quantitative estimate of drug-likeness (QED) is 0.673. The molecule has 0 radical (unpaired) electrons. The van der Waals surface area contributed by atoms with Gasteiger partial charge in [-0.3, -0.25) is 4.79 Å². The van der Waals surface area contributed by atoms with Crippen molar-refractivity contribution >= 4 is 17.7 Å². The topological polar surface area (TPSA) is 71.4 Å². The van der Waals surface area contributed by atoms with Crippen LogP contribution in [0.5, 0.6) is 0 Å². The summed E-state index contributed by atoms with van der Waals surface area (Å²) in [5, 5.41) is 3.83. The number of likely N-dealkylation sites (tertiary alicyclic amines) is 2. The molecule has 0 atom stereocenters. The second-order valence-corrected chi connectivity index (χ2v) is 7.00. The molecule has 1 spiro atoms. The van der Waals surface area contributed by atoms with Gasteiger partial charge in [0.05, 0.1) is 17.7 Å². The molecular weight excluding hydrogens is 331 g/mol. The lowest BCUT2D eigenvalue weighted by Gasteiger charge is -2.47. The molecular formula is C14H20F3N3O4. The number of nitrogens with zero attached hydrogens (tertiary/aromatic N) is 3. The van der Waals surface area contributed by atoms with Gasteiger partial charge in [0.25, 0.3) is 0 Å². The molecule has 0 N–H and O–H groups in total. The minimum Gasteiger partial charge on any atom is -0.444 e. The van der Waals surface area contributed by atoms with Crippen LogP contribution in [-0.2, 0) is 14.4 Å². The Kier molecular flexibility index (Phi) is 4.45. The molecule has 0 aromatic heterocycles. The third-order valence-electron chi connectivity index (χ3n) is 3.82. The minimum atomic E-state index is -4.91. The predicted octanol–water partition coefficient (Wildman–Crippen LogP) is 1.63. The number of carbonyl (C=O) groups excluding carboxylic acids is 2. The van der Waals surface area contributed by atoms with Crippen molar-refractivity contribution in [3.8, 4) is 0 Å². The molecule has 0 aromatic carbocycles. The van der Waals surface area contributed by atoms with Crippen LogP contribution in [0.1, 0.15) is 20.8 Å². The molecule has 2 saturated heterocycles. The van der Waals surface area contributed by atoms with E-state index in [-0.39, 0.29) is 26.2 Å². The largest absolute Gasteiger partial charge is 0.471 e. The number of amides is 2. The second kappa shape index (κ2) is 5.82. The van der Waals surface area contributed by atoms with E-state index in [1.807, 2.05) is 0 Å². The number of ether oxygens (including phenoxy) is 1. The predicted molar refractivity (Wildman–Crippen MR) is 77.3 cm³/mol. The monoisotopic (exact) mass is 351 g/mol. The maximum Gasteiger partial charge on any atom is 0.471 e. The lowest BCUT2D eigenvalue weighted by molar-refractivity contribution is -0.193. The number of hydrogen-bond acceptors (Lipinski definition) is 5. The van der Waals surface area contributed by atoms with Crippen molar-refractivity contribution in [2.45, 2.75) is 32.5 Å². The second-order valence-electron chi connectivity index (χ2n) is 7.00. The van der Waals surface area contributed by atoms with Crippen LogP contribution >= 0.6 is 0 Å². The highest BCUT2D eigenvalue weighted by molar-refractivity contribution is 5.99. The summed E-state index contributed by atoms with van der Waals surface area (Å²) in [7, 11) is 1.31. The van der Waals surface area contributed by atoms with Crippen molar-refractivity contribution < 1.29 is 32.3 Å². The lowest BCUT2D eigenvalue weighted by Crippen LogP contribution is -2.64. The number of halogens is 3. The van der Waals surface area contributed by atoms with Crippen molar-refractivity contribution in [2.75, 3.05) is 33.3 Å². The number of alkyl halides is 3. The van der Waals surface area contributed by atoms with Crippen LogP contribution in [-0.4, -0.2) is 72.6 Å². The Morgan fingerprint density at radius 2 is 1.67 bits per heavy atom. The maximum absolute atomic E-state index is 12.5. The van der Waals surface area contributed by atoms with Gasteiger partial charge in [0.1, 0.15) is 12.7 Å². The molecule has 0 bridgehead atoms. The highest BCUT2D eigenvalue weighted by Crippen LogP contribution is 2.40. The molecule has 7 nitrogen and oxygen atoms in total. The van der Waals surface area contributed by atoms with E-state index in [4.69, 9.17) is 9.57 Å². The van der Waals surface area contributed by atoms with Gasteiger partial charge in [-0.2, -0.15) is 13.2 Å². The van der Waals surface area contributed by atoms with Gasteiger partial charge in [-0.05, 0) is 20.8 Å². The van der Waals surface area contributed by atoms with E-state index < -0.39 is 29.2 Å². The van der Waals surface area contributed by atoms with E-state index in [9.17, 15) is 22.8 Å². The molecule has 2 amide bonds. The van der Waals surface area contributed by atoms with Crippen LogP contribution < -0.4 is 0 Å². The van der Waals surface area contributed by atoms with E-state index in [2.05, 4.69) is 5.16 Å². The first-order chi connectivity index (χ1) is 10.9. The molecule has 136 valence electrons. The van der Waals surface area contributed by atoms with Gasteiger partial charge in [0.15, 0.2) is 0 Å². The smallest absolute Gasteiger partial charge is 0.444 e. The fourth-order valence-electron chi connectivity index (χ4n) is 2.84. The number of hydrogen-bond donors (Lipinski definition) is 0. The molecule has 2 aliphatic rings. The van der Waals surface area contributed by atoms with Gasteiger partial charge in [-0.25, -0.2) is 4.79 Å². The molecule has 0 aromatic rings. The lowest BCUT2D eigenvalue weighted by atomic mass is 9.77. The molecule has 0 aliphatic carbocycles. The molecule has 24 heavy (non-hydrogen) atoms. The standard InChI is InChI=1S/C14H20F3N3O4/c1-12(2,3)24-11(22)19-5-9(18-23-4)13(6-19)7-20(8-13)10(21)14(15,16)17/h5-8H2,1-4H3/b18-9-. The van der Waals surface area contributed by atoms with Gasteiger partial charge in [-0.1, -0.05) is 5.16 Å².